The van der Waals surface area contributed by atoms with Crippen LogP contribution in [0.1, 0.15) is 24.3 Å². The van der Waals surface area contributed by atoms with Crippen LogP contribution in [0.4, 0.5) is 0 Å². The molecule has 5 nitrogen and oxygen atoms in total. The number of nitrogens with zero attached hydrogens (tertiary/aromatic N) is 1. The van der Waals surface area contributed by atoms with Crippen molar-refractivity contribution in [3.8, 4) is 11.5 Å². The molecule has 1 fully saturated rings. The fourth-order valence-electron chi connectivity index (χ4n) is 2.84. The summed E-state index contributed by atoms with van der Waals surface area (Å²) in [6.07, 6.45) is 1.41. The van der Waals surface area contributed by atoms with Gasteiger partial charge in [0.1, 0.15) is 6.10 Å². The van der Waals surface area contributed by atoms with E-state index in [2.05, 4.69) is 10.3 Å². The van der Waals surface area contributed by atoms with E-state index in [4.69, 9.17) is 14.2 Å². The number of aromatic nitrogens is 1. The van der Waals surface area contributed by atoms with Gasteiger partial charge in [0.2, 0.25) is 0 Å². The number of para-hydroxylation sites is 2. The molecule has 1 aromatic carbocycles. The van der Waals surface area contributed by atoms with Crippen LogP contribution in [-0.2, 0) is 4.74 Å². The summed E-state index contributed by atoms with van der Waals surface area (Å²) in [6.45, 7) is 6.87. The fourth-order valence-corrected chi connectivity index (χ4v) is 2.84. The maximum absolute atomic E-state index is 6.35. The number of hydrogen-bond donors (Lipinski definition) is 1. The zero-order valence-corrected chi connectivity index (χ0v) is 14.2. The van der Waals surface area contributed by atoms with E-state index in [1.165, 1.54) is 0 Å². The second-order valence-electron chi connectivity index (χ2n) is 5.74. The fraction of sp³-hybridized carbons (Fsp3) is 0.421. The number of nitrogens with one attached hydrogen (secondary N) is 1. The van der Waals surface area contributed by atoms with Crippen molar-refractivity contribution in [1.29, 1.82) is 0 Å². The SMILES string of the molecule is CCOc1ccccc1OC(c1ncccc1C)[C@@H]1CNCCO1. The van der Waals surface area contributed by atoms with Crippen LogP contribution in [0.3, 0.4) is 0 Å². The quantitative estimate of drug-likeness (QED) is 0.884. The molecule has 1 saturated heterocycles. The first-order valence-corrected chi connectivity index (χ1v) is 8.42. The summed E-state index contributed by atoms with van der Waals surface area (Å²) < 4.78 is 18.0. The van der Waals surface area contributed by atoms with Gasteiger partial charge in [0.15, 0.2) is 17.6 Å². The molecule has 24 heavy (non-hydrogen) atoms. The molecule has 0 aliphatic carbocycles. The lowest BCUT2D eigenvalue weighted by molar-refractivity contribution is -0.0455. The zero-order chi connectivity index (χ0) is 16.8. The predicted octanol–water partition coefficient (Wildman–Crippen LogP) is 2.90. The molecule has 0 bridgehead atoms. The maximum atomic E-state index is 6.35. The monoisotopic (exact) mass is 328 g/mol. The van der Waals surface area contributed by atoms with Gasteiger partial charge in [0.05, 0.1) is 18.9 Å². The van der Waals surface area contributed by atoms with Gasteiger partial charge < -0.3 is 19.5 Å². The Hall–Kier alpha value is -2.11. The molecule has 1 N–H and O–H groups in total. The molecule has 1 aromatic heterocycles. The number of morpholine rings is 1. The lowest BCUT2D eigenvalue weighted by Crippen LogP contribution is -2.43. The van der Waals surface area contributed by atoms with Crippen LogP contribution < -0.4 is 14.8 Å². The van der Waals surface area contributed by atoms with Gasteiger partial charge >= 0.3 is 0 Å². The second kappa shape index (κ2) is 8.13. The van der Waals surface area contributed by atoms with Gasteiger partial charge in [-0.25, -0.2) is 0 Å². The Labute approximate surface area is 143 Å². The Bertz CT molecular complexity index is 657. The second-order valence-corrected chi connectivity index (χ2v) is 5.74. The van der Waals surface area contributed by atoms with Crippen molar-refractivity contribution in [3.63, 3.8) is 0 Å². The predicted molar refractivity (Wildman–Crippen MR) is 92.6 cm³/mol. The van der Waals surface area contributed by atoms with Crippen LogP contribution in [0, 0.1) is 6.92 Å². The molecule has 2 aromatic rings. The van der Waals surface area contributed by atoms with E-state index < -0.39 is 0 Å². The summed E-state index contributed by atoms with van der Waals surface area (Å²) >= 11 is 0. The highest BCUT2D eigenvalue weighted by Crippen LogP contribution is 2.33. The number of hydrogen-bond acceptors (Lipinski definition) is 5. The van der Waals surface area contributed by atoms with Crippen LogP contribution in [0.5, 0.6) is 11.5 Å². The minimum absolute atomic E-state index is 0.0953. The van der Waals surface area contributed by atoms with Gasteiger partial charge in [-0.15, -0.1) is 0 Å². The first-order chi connectivity index (χ1) is 11.8. The molecular weight excluding hydrogens is 304 g/mol. The summed E-state index contributed by atoms with van der Waals surface area (Å²) in [6, 6.07) is 11.7. The smallest absolute Gasteiger partial charge is 0.168 e. The molecule has 3 rings (SSSR count). The van der Waals surface area contributed by atoms with Crippen LogP contribution in [-0.4, -0.2) is 37.4 Å². The van der Waals surface area contributed by atoms with Crippen LogP contribution in [0.25, 0.3) is 0 Å². The zero-order valence-electron chi connectivity index (χ0n) is 14.2. The normalized spacial score (nSPS) is 18.8. The molecule has 0 radical (unpaired) electrons. The highest BCUT2D eigenvalue weighted by molar-refractivity contribution is 5.40. The molecule has 0 spiro atoms. The van der Waals surface area contributed by atoms with E-state index in [0.717, 1.165) is 30.1 Å². The van der Waals surface area contributed by atoms with Crippen molar-refractivity contribution in [2.24, 2.45) is 0 Å². The third-order valence-corrected chi connectivity index (χ3v) is 4.02. The number of ether oxygens (including phenoxy) is 3. The van der Waals surface area contributed by atoms with Gasteiger partial charge in [-0.1, -0.05) is 18.2 Å². The van der Waals surface area contributed by atoms with Gasteiger partial charge in [0.25, 0.3) is 0 Å². The molecule has 5 heteroatoms. The number of benzene rings is 1. The standard InChI is InChI=1S/C19H24N2O3/c1-3-22-15-8-4-5-9-16(15)24-19(17-13-20-11-12-23-17)18-14(2)7-6-10-21-18/h4-10,17,19-20H,3,11-13H2,1-2H3/t17-,19?/m0/s1. The van der Waals surface area contributed by atoms with Gasteiger partial charge in [-0.2, -0.15) is 0 Å². The van der Waals surface area contributed by atoms with E-state index in [9.17, 15) is 0 Å². The maximum Gasteiger partial charge on any atom is 0.168 e. The van der Waals surface area contributed by atoms with E-state index in [1.54, 1.807) is 6.20 Å². The summed E-state index contributed by atoms with van der Waals surface area (Å²) in [5, 5.41) is 3.37. The molecule has 0 saturated carbocycles. The van der Waals surface area contributed by atoms with E-state index >= 15 is 0 Å². The number of aryl methyl sites for hydroxylation is 1. The van der Waals surface area contributed by atoms with Crippen molar-refractivity contribution >= 4 is 0 Å². The molecule has 2 heterocycles. The van der Waals surface area contributed by atoms with Crippen molar-refractivity contribution in [1.82, 2.24) is 10.3 Å². The molecule has 1 aliphatic heterocycles. The van der Waals surface area contributed by atoms with Crippen molar-refractivity contribution in [3.05, 3.63) is 53.9 Å². The molecule has 2 atom stereocenters. The minimum atomic E-state index is -0.291. The van der Waals surface area contributed by atoms with Crippen molar-refractivity contribution in [2.45, 2.75) is 26.1 Å². The van der Waals surface area contributed by atoms with Crippen LogP contribution in [0.15, 0.2) is 42.6 Å². The number of rotatable bonds is 6. The van der Waals surface area contributed by atoms with E-state index in [1.807, 2.05) is 50.2 Å². The third kappa shape index (κ3) is 3.86. The minimum Gasteiger partial charge on any atom is -0.490 e. The summed E-state index contributed by atoms with van der Waals surface area (Å²) in [5.74, 6) is 1.45. The molecule has 0 amide bonds. The Morgan fingerprint density at radius 2 is 2.08 bits per heavy atom. The van der Waals surface area contributed by atoms with E-state index in [0.29, 0.717) is 19.0 Å². The molecule has 1 aliphatic rings. The van der Waals surface area contributed by atoms with Crippen LogP contribution >= 0.6 is 0 Å². The lowest BCUT2D eigenvalue weighted by Gasteiger charge is -2.32. The topological polar surface area (TPSA) is 52.6 Å². The Kier molecular flexibility index (Phi) is 5.67. The molecule has 1 unspecified atom stereocenters. The van der Waals surface area contributed by atoms with Gasteiger partial charge in [-0.3, -0.25) is 4.98 Å². The Morgan fingerprint density at radius 1 is 1.25 bits per heavy atom. The van der Waals surface area contributed by atoms with Crippen LogP contribution in [0.2, 0.25) is 0 Å². The first kappa shape index (κ1) is 16.7. The average Bonchev–Trinajstić information content (AvgIpc) is 2.63. The molecular formula is C19H24N2O3. The van der Waals surface area contributed by atoms with Crippen molar-refractivity contribution < 1.29 is 14.2 Å². The third-order valence-electron chi connectivity index (χ3n) is 4.02. The molecule has 128 valence electrons. The van der Waals surface area contributed by atoms with Crippen molar-refractivity contribution in [2.75, 3.05) is 26.3 Å². The Morgan fingerprint density at radius 3 is 2.79 bits per heavy atom. The first-order valence-electron chi connectivity index (χ1n) is 8.42. The highest BCUT2D eigenvalue weighted by atomic mass is 16.6. The lowest BCUT2D eigenvalue weighted by atomic mass is 10.0. The average molecular weight is 328 g/mol. The largest absolute Gasteiger partial charge is 0.490 e. The summed E-state index contributed by atoms with van der Waals surface area (Å²) in [7, 11) is 0. The summed E-state index contributed by atoms with van der Waals surface area (Å²) in [4.78, 5) is 4.55. The highest BCUT2D eigenvalue weighted by Gasteiger charge is 2.30. The number of pyridine rings is 1. The van der Waals surface area contributed by atoms with Gasteiger partial charge in [0, 0.05) is 19.3 Å². The van der Waals surface area contributed by atoms with E-state index in [-0.39, 0.29) is 12.2 Å². The Balaban J connectivity index is 1.92. The van der Waals surface area contributed by atoms with Gasteiger partial charge in [-0.05, 0) is 37.6 Å². The summed E-state index contributed by atoms with van der Waals surface area (Å²) in [5.41, 5.74) is 1.99.